The fourth-order valence-electron chi connectivity index (χ4n) is 4.94. The number of fused-ring (bicyclic) bond motifs is 3. The molecule has 1 fully saturated rings. The van der Waals surface area contributed by atoms with Gasteiger partial charge < -0.3 is 5.32 Å². The van der Waals surface area contributed by atoms with Crippen LogP contribution in [0.3, 0.4) is 0 Å². The van der Waals surface area contributed by atoms with Gasteiger partial charge in [-0.05, 0) is 57.0 Å². The van der Waals surface area contributed by atoms with Gasteiger partial charge in [0.25, 0.3) is 11.5 Å². The number of nitrogens with zero attached hydrogens (tertiary/aromatic N) is 4. The summed E-state index contributed by atoms with van der Waals surface area (Å²) in [6, 6.07) is 8.83. The zero-order chi connectivity index (χ0) is 25.6. The molecule has 2 aromatic carbocycles. The molecule has 1 amide bonds. The van der Waals surface area contributed by atoms with E-state index in [0.717, 1.165) is 30.4 Å². The predicted octanol–water partition coefficient (Wildman–Crippen LogP) is 4.30. The number of aromatic nitrogens is 4. The lowest BCUT2D eigenvalue weighted by Gasteiger charge is -2.22. The first-order chi connectivity index (χ1) is 17.3. The predicted molar refractivity (Wildman–Crippen MR) is 136 cm³/mol. The second-order valence-corrected chi connectivity index (χ2v) is 9.99. The number of amides is 1. The van der Waals surface area contributed by atoms with E-state index in [4.69, 9.17) is 11.6 Å². The minimum atomic E-state index is -0.562. The number of benzene rings is 2. The van der Waals surface area contributed by atoms with E-state index in [0.29, 0.717) is 5.56 Å². The van der Waals surface area contributed by atoms with Gasteiger partial charge in [-0.2, -0.15) is 0 Å². The maximum atomic E-state index is 14.4. The van der Waals surface area contributed by atoms with Gasteiger partial charge in [0.15, 0.2) is 0 Å². The molecule has 1 aliphatic carbocycles. The molecule has 1 saturated carbocycles. The highest BCUT2D eigenvalue weighted by Crippen LogP contribution is 2.22. The second-order valence-electron chi connectivity index (χ2n) is 9.59. The topological polar surface area (TPSA) is 90.4 Å². The highest BCUT2D eigenvalue weighted by molar-refractivity contribution is 6.31. The van der Waals surface area contributed by atoms with Crippen LogP contribution in [-0.4, -0.2) is 30.7 Å². The van der Waals surface area contributed by atoms with Crippen molar-refractivity contribution in [3.8, 4) is 0 Å². The summed E-state index contributed by atoms with van der Waals surface area (Å²) < 4.78 is 18.3. The molecule has 4 aromatic rings. The molecule has 0 bridgehead atoms. The molecule has 10 heteroatoms. The van der Waals surface area contributed by atoms with Crippen molar-refractivity contribution in [3.05, 3.63) is 79.2 Å². The van der Waals surface area contributed by atoms with E-state index in [2.05, 4.69) is 10.4 Å². The maximum Gasteiger partial charge on any atom is 0.352 e. The molecule has 36 heavy (non-hydrogen) atoms. The van der Waals surface area contributed by atoms with Gasteiger partial charge in [0.05, 0.1) is 17.4 Å². The van der Waals surface area contributed by atoms with Crippen LogP contribution < -0.4 is 16.6 Å². The third-order valence-corrected chi connectivity index (χ3v) is 7.17. The van der Waals surface area contributed by atoms with Gasteiger partial charge in [-0.25, -0.2) is 18.3 Å². The first-order valence-corrected chi connectivity index (χ1v) is 12.6. The number of hydrogen-bond acceptors (Lipinski definition) is 4. The third-order valence-electron chi connectivity index (χ3n) is 6.81. The van der Waals surface area contributed by atoms with Crippen LogP contribution in [0, 0.1) is 5.82 Å². The number of nitrogens with one attached hydrogen (secondary N) is 1. The molecule has 0 saturated heterocycles. The molecule has 2 aromatic heterocycles. The SMILES string of the molecule is CC(C)n1c(=O)c2ccc(C(=O)NC3CCCCC3)cc2n2c(=O)n(Cc3c(F)cccc3Cl)nc12. The van der Waals surface area contributed by atoms with E-state index in [-0.39, 0.29) is 57.4 Å². The van der Waals surface area contributed by atoms with Crippen LogP contribution in [0.5, 0.6) is 0 Å². The van der Waals surface area contributed by atoms with Crippen LogP contribution in [-0.2, 0) is 6.54 Å². The lowest BCUT2D eigenvalue weighted by atomic mass is 9.95. The zero-order valence-corrected chi connectivity index (χ0v) is 20.9. The Morgan fingerprint density at radius 3 is 2.61 bits per heavy atom. The largest absolute Gasteiger partial charge is 0.352 e. The van der Waals surface area contributed by atoms with Gasteiger partial charge in [0.1, 0.15) is 5.82 Å². The first-order valence-electron chi connectivity index (χ1n) is 12.2. The number of carbonyl (C=O) groups is 1. The summed E-state index contributed by atoms with van der Waals surface area (Å²) in [7, 11) is 0. The number of carbonyl (C=O) groups excluding carboxylic acids is 1. The van der Waals surface area contributed by atoms with Gasteiger partial charge in [-0.1, -0.05) is 36.9 Å². The van der Waals surface area contributed by atoms with Crippen molar-refractivity contribution in [2.75, 3.05) is 0 Å². The molecular weight excluding hydrogens is 485 g/mol. The maximum absolute atomic E-state index is 14.4. The summed E-state index contributed by atoms with van der Waals surface area (Å²) in [5.41, 5.74) is -0.131. The van der Waals surface area contributed by atoms with Crippen molar-refractivity contribution in [1.82, 2.24) is 24.1 Å². The van der Waals surface area contributed by atoms with Crippen LogP contribution in [0.4, 0.5) is 4.39 Å². The molecule has 0 atom stereocenters. The van der Waals surface area contributed by atoms with Gasteiger partial charge >= 0.3 is 5.69 Å². The molecular formula is C26H27ClFN5O3. The average molecular weight is 512 g/mol. The Hall–Kier alpha value is -3.46. The van der Waals surface area contributed by atoms with Crippen molar-refractivity contribution in [2.45, 2.75) is 64.6 Å². The monoisotopic (exact) mass is 511 g/mol. The molecule has 2 heterocycles. The Bertz CT molecular complexity index is 1580. The van der Waals surface area contributed by atoms with E-state index in [9.17, 15) is 18.8 Å². The summed E-state index contributed by atoms with van der Waals surface area (Å²) >= 11 is 6.18. The second kappa shape index (κ2) is 9.54. The number of hydrogen-bond donors (Lipinski definition) is 1. The van der Waals surface area contributed by atoms with Crippen LogP contribution in [0.1, 0.15) is 67.9 Å². The van der Waals surface area contributed by atoms with Crippen LogP contribution in [0.15, 0.2) is 46.0 Å². The minimum Gasteiger partial charge on any atom is -0.349 e. The van der Waals surface area contributed by atoms with Crippen molar-refractivity contribution < 1.29 is 9.18 Å². The normalized spacial score (nSPS) is 14.7. The van der Waals surface area contributed by atoms with Crippen LogP contribution in [0.25, 0.3) is 16.7 Å². The minimum absolute atomic E-state index is 0.116. The first kappa shape index (κ1) is 24.2. The Labute approximate surface area is 211 Å². The highest BCUT2D eigenvalue weighted by atomic mass is 35.5. The fourth-order valence-corrected chi connectivity index (χ4v) is 5.16. The number of rotatable bonds is 5. The Morgan fingerprint density at radius 1 is 1.17 bits per heavy atom. The molecule has 8 nitrogen and oxygen atoms in total. The fraction of sp³-hybridized carbons (Fsp3) is 0.385. The summed E-state index contributed by atoms with van der Waals surface area (Å²) in [6.07, 6.45) is 5.21. The quantitative estimate of drug-likeness (QED) is 0.432. The molecule has 0 spiro atoms. The summed E-state index contributed by atoms with van der Waals surface area (Å²) in [5, 5.41) is 7.93. The van der Waals surface area contributed by atoms with E-state index in [1.807, 2.05) is 13.8 Å². The van der Waals surface area contributed by atoms with Gasteiger partial charge in [0.2, 0.25) is 5.78 Å². The van der Waals surface area contributed by atoms with Crippen LogP contribution in [0.2, 0.25) is 5.02 Å². The van der Waals surface area contributed by atoms with Crippen molar-refractivity contribution in [1.29, 1.82) is 0 Å². The number of halogens is 2. The van der Waals surface area contributed by atoms with E-state index in [1.165, 1.54) is 33.6 Å². The van der Waals surface area contributed by atoms with E-state index >= 15 is 0 Å². The lowest BCUT2D eigenvalue weighted by molar-refractivity contribution is 0.0928. The standard InChI is InChI=1S/C26H27ClFN5O3/c1-15(2)32-24(35)18-12-11-16(23(34)29-17-7-4-3-5-8-17)13-22(18)33-25(32)30-31(26(33)36)14-19-20(27)9-6-10-21(19)28/h6,9-13,15,17H,3-5,7-8,14H2,1-2H3,(H,29,34). The summed E-state index contributed by atoms with van der Waals surface area (Å²) in [5.74, 6) is -0.687. The third kappa shape index (κ3) is 4.21. The molecule has 0 radical (unpaired) electrons. The van der Waals surface area contributed by atoms with Gasteiger partial charge in [0, 0.05) is 28.2 Å². The molecule has 0 aliphatic heterocycles. The smallest absolute Gasteiger partial charge is 0.349 e. The highest BCUT2D eigenvalue weighted by Gasteiger charge is 2.22. The zero-order valence-electron chi connectivity index (χ0n) is 20.1. The van der Waals surface area contributed by atoms with E-state index < -0.39 is 11.5 Å². The molecule has 1 aliphatic rings. The summed E-state index contributed by atoms with van der Waals surface area (Å²) in [4.78, 5) is 39.9. The Balaban J connectivity index is 1.68. The van der Waals surface area contributed by atoms with Crippen molar-refractivity contribution >= 4 is 34.2 Å². The van der Waals surface area contributed by atoms with Gasteiger partial charge in [-0.15, -0.1) is 5.10 Å². The van der Waals surface area contributed by atoms with Crippen molar-refractivity contribution in [3.63, 3.8) is 0 Å². The Morgan fingerprint density at radius 2 is 1.92 bits per heavy atom. The van der Waals surface area contributed by atoms with Crippen LogP contribution >= 0.6 is 11.6 Å². The average Bonchev–Trinajstić information content (AvgIpc) is 3.17. The molecule has 0 unspecified atom stereocenters. The Kier molecular flexibility index (Phi) is 6.42. The van der Waals surface area contributed by atoms with Crippen molar-refractivity contribution in [2.24, 2.45) is 0 Å². The lowest BCUT2D eigenvalue weighted by Crippen LogP contribution is -2.36. The van der Waals surface area contributed by atoms with Gasteiger partial charge in [-0.3, -0.25) is 14.2 Å². The molecule has 5 rings (SSSR count). The summed E-state index contributed by atoms with van der Waals surface area (Å²) in [6.45, 7) is 3.43. The molecule has 188 valence electrons. The van der Waals surface area contributed by atoms with E-state index in [1.54, 1.807) is 18.2 Å². The molecule has 1 N–H and O–H groups in total.